The molecule has 2 fully saturated rings. The highest BCUT2D eigenvalue weighted by atomic mass is 32.1. The van der Waals surface area contributed by atoms with E-state index < -0.39 is 0 Å². The molecule has 4 heterocycles. The number of halogens is 2. The van der Waals surface area contributed by atoms with E-state index in [1.807, 2.05) is 9.91 Å². The molecule has 8 nitrogen and oxygen atoms in total. The maximum Gasteiger partial charge on any atom is 0.258 e. The SMILES string of the molecule is C[C@H]1CN(C(c2ccc(F)cc2)c2ccc(F)cc2)[C@H](CC#N)CN1c1nc2nnc(C3CC3)n2c2scnc12. The minimum Gasteiger partial charge on any atom is -0.349 e. The van der Waals surface area contributed by atoms with Crippen molar-refractivity contribution >= 4 is 33.3 Å². The standard InChI is InChI=1S/C29H26F2N8S/c1-17-14-38(25(18-4-8-21(30)9-5-18)19-6-10-22(31)11-7-19)23(12-13-32)15-37(17)27-24-28(40-16-33-24)39-26(20-2-3-20)35-36-29(39)34-27/h4-11,16-17,20,23,25H,2-3,12,14-15H2,1H3/t17-,23+/m0/s1. The van der Waals surface area contributed by atoms with Gasteiger partial charge in [0.05, 0.1) is 24.0 Å². The molecule has 0 radical (unpaired) electrons. The van der Waals surface area contributed by atoms with E-state index in [2.05, 4.69) is 33.0 Å². The van der Waals surface area contributed by atoms with Crippen molar-refractivity contribution in [2.24, 2.45) is 0 Å². The molecule has 0 unspecified atom stereocenters. The fraction of sp³-hybridized carbons (Fsp3) is 0.345. The second-order valence-electron chi connectivity index (χ2n) is 10.6. The molecule has 40 heavy (non-hydrogen) atoms. The van der Waals surface area contributed by atoms with Crippen molar-refractivity contribution < 1.29 is 8.78 Å². The van der Waals surface area contributed by atoms with E-state index in [9.17, 15) is 14.0 Å². The highest BCUT2D eigenvalue weighted by Crippen LogP contribution is 2.41. The normalized spacial score (nSPS) is 20.0. The monoisotopic (exact) mass is 556 g/mol. The Morgan fingerprint density at radius 1 is 1.00 bits per heavy atom. The van der Waals surface area contributed by atoms with Crippen LogP contribution in [0.3, 0.4) is 0 Å². The smallest absolute Gasteiger partial charge is 0.258 e. The lowest BCUT2D eigenvalue weighted by Crippen LogP contribution is -2.58. The maximum absolute atomic E-state index is 13.9. The Morgan fingerprint density at radius 3 is 2.30 bits per heavy atom. The molecule has 0 N–H and O–H groups in total. The lowest BCUT2D eigenvalue weighted by atomic mass is 9.92. The van der Waals surface area contributed by atoms with Crippen molar-refractivity contribution in [1.82, 2.24) is 29.5 Å². The Balaban J connectivity index is 1.29. The molecule has 2 aliphatic rings. The summed E-state index contributed by atoms with van der Waals surface area (Å²) >= 11 is 1.55. The third-order valence-corrected chi connectivity index (χ3v) is 8.78. The molecular formula is C29H26F2N8S. The molecule has 0 bridgehead atoms. The van der Waals surface area contributed by atoms with Crippen LogP contribution < -0.4 is 4.90 Å². The lowest BCUT2D eigenvalue weighted by molar-refractivity contribution is 0.121. The summed E-state index contributed by atoms with van der Waals surface area (Å²) in [5.74, 6) is 2.04. The minimum absolute atomic E-state index is 0.00372. The van der Waals surface area contributed by atoms with Crippen molar-refractivity contribution in [3.05, 3.63) is 82.6 Å². The first kappa shape index (κ1) is 25.0. The molecular weight excluding hydrogens is 530 g/mol. The van der Waals surface area contributed by atoms with Gasteiger partial charge in [0.1, 0.15) is 27.8 Å². The van der Waals surface area contributed by atoms with E-state index in [1.165, 1.54) is 24.3 Å². The van der Waals surface area contributed by atoms with Crippen LogP contribution in [0.2, 0.25) is 0 Å². The van der Waals surface area contributed by atoms with Gasteiger partial charge < -0.3 is 4.90 Å². The average Bonchev–Trinajstić information content (AvgIpc) is 3.51. The largest absolute Gasteiger partial charge is 0.349 e. The second kappa shape index (κ2) is 9.87. The third-order valence-electron chi connectivity index (χ3n) is 7.97. The van der Waals surface area contributed by atoms with Crippen LogP contribution in [-0.2, 0) is 0 Å². The quantitative estimate of drug-likeness (QED) is 0.274. The van der Waals surface area contributed by atoms with Crippen LogP contribution >= 0.6 is 11.3 Å². The topological polar surface area (TPSA) is 86.2 Å². The zero-order chi connectivity index (χ0) is 27.4. The molecule has 3 aromatic heterocycles. The summed E-state index contributed by atoms with van der Waals surface area (Å²) in [5, 5.41) is 18.7. The number of hydrogen-bond donors (Lipinski definition) is 0. The van der Waals surface area contributed by atoms with Gasteiger partial charge in [-0.15, -0.1) is 21.5 Å². The van der Waals surface area contributed by atoms with E-state index in [-0.39, 0.29) is 36.2 Å². The van der Waals surface area contributed by atoms with Crippen LogP contribution in [0.5, 0.6) is 0 Å². The fourth-order valence-electron chi connectivity index (χ4n) is 5.89. The number of piperazine rings is 1. The van der Waals surface area contributed by atoms with Gasteiger partial charge in [-0.2, -0.15) is 10.2 Å². The fourth-order valence-corrected chi connectivity index (χ4v) is 6.68. The molecule has 11 heteroatoms. The molecule has 5 aromatic rings. The van der Waals surface area contributed by atoms with Crippen LogP contribution in [0.4, 0.5) is 14.6 Å². The molecule has 2 atom stereocenters. The number of benzene rings is 2. The highest BCUT2D eigenvalue weighted by Gasteiger charge is 2.39. The first-order valence-corrected chi connectivity index (χ1v) is 14.3. The molecule has 0 amide bonds. The van der Waals surface area contributed by atoms with Gasteiger partial charge in [0.25, 0.3) is 5.78 Å². The molecule has 1 aliphatic carbocycles. The third kappa shape index (κ3) is 4.28. The number of nitriles is 1. The van der Waals surface area contributed by atoms with Gasteiger partial charge >= 0.3 is 0 Å². The number of aromatic nitrogens is 5. The first-order valence-electron chi connectivity index (χ1n) is 13.4. The van der Waals surface area contributed by atoms with E-state index in [0.717, 1.165) is 46.0 Å². The van der Waals surface area contributed by atoms with Crippen molar-refractivity contribution in [3.8, 4) is 6.07 Å². The summed E-state index contributed by atoms with van der Waals surface area (Å²) in [6.45, 7) is 3.27. The number of nitrogens with zero attached hydrogens (tertiary/aromatic N) is 8. The zero-order valence-corrected chi connectivity index (χ0v) is 22.6. The van der Waals surface area contributed by atoms with Crippen molar-refractivity contribution in [2.45, 2.75) is 50.2 Å². The number of rotatable bonds is 6. The summed E-state index contributed by atoms with van der Waals surface area (Å²) in [6.07, 6.45) is 2.50. The Morgan fingerprint density at radius 2 is 1.68 bits per heavy atom. The number of fused-ring (bicyclic) bond motifs is 3. The summed E-state index contributed by atoms with van der Waals surface area (Å²) in [4.78, 5) is 15.1. The molecule has 7 rings (SSSR count). The molecule has 202 valence electrons. The van der Waals surface area contributed by atoms with Gasteiger partial charge in [0.15, 0.2) is 5.82 Å². The van der Waals surface area contributed by atoms with E-state index in [0.29, 0.717) is 24.8 Å². The van der Waals surface area contributed by atoms with E-state index in [1.54, 1.807) is 35.6 Å². The van der Waals surface area contributed by atoms with Crippen LogP contribution in [0.25, 0.3) is 16.1 Å². The van der Waals surface area contributed by atoms with Crippen LogP contribution in [0, 0.1) is 23.0 Å². The lowest BCUT2D eigenvalue weighted by Gasteiger charge is -2.48. The van der Waals surface area contributed by atoms with Crippen molar-refractivity contribution in [3.63, 3.8) is 0 Å². The number of thiazole rings is 1. The Labute approximate surface area is 233 Å². The highest BCUT2D eigenvalue weighted by molar-refractivity contribution is 7.16. The Kier molecular flexibility index (Phi) is 6.17. The predicted octanol–water partition coefficient (Wildman–Crippen LogP) is 5.47. The molecule has 2 aromatic carbocycles. The van der Waals surface area contributed by atoms with Crippen molar-refractivity contribution in [1.29, 1.82) is 5.26 Å². The molecule has 1 aliphatic heterocycles. The Hall–Kier alpha value is -4.01. The van der Waals surface area contributed by atoms with Gasteiger partial charge in [0.2, 0.25) is 0 Å². The van der Waals surface area contributed by atoms with Crippen molar-refractivity contribution in [2.75, 3.05) is 18.0 Å². The molecule has 1 saturated heterocycles. The van der Waals surface area contributed by atoms with Gasteiger partial charge in [-0.3, -0.25) is 9.30 Å². The minimum atomic E-state index is -0.319. The zero-order valence-electron chi connectivity index (χ0n) is 21.8. The number of anilines is 1. The van der Waals surface area contributed by atoms with Gasteiger partial charge in [0, 0.05) is 31.1 Å². The Bertz CT molecular complexity index is 1680. The number of hydrogen-bond acceptors (Lipinski definition) is 8. The van der Waals surface area contributed by atoms with Crippen LogP contribution in [0.1, 0.15) is 55.1 Å². The van der Waals surface area contributed by atoms with E-state index >= 15 is 0 Å². The first-order chi connectivity index (χ1) is 19.5. The van der Waals surface area contributed by atoms with Gasteiger partial charge in [-0.25, -0.2) is 13.8 Å². The summed E-state index contributed by atoms with van der Waals surface area (Å²) < 4.78 is 29.8. The summed E-state index contributed by atoms with van der Waals surface area (Å²) in [6, 6.07) is 14.7. The van der Waals surface area contributed by atoms with Gasteiger partial charge in [-0.05, 0) is 55.2 Å². The molecule has 1 saturated carbocycles. The van der Waals surface area contributed by atoms with Crippen LogP contribution in [-0.4, -0.2) is 54.6 Å². The summed E-state index contributed by atoms with van der Waals surface area (Å²) in [7, 11) is 0. The average molecular weight is 557 g/mol. The second-order valence-corrected chi connectivity index (χ2v) is 11.5. The maximum atomic E-state index is 13.9. The predicted molar refractivity (Wildman–Crippen MR) is 148 cm³/mol. The van der Waals surface area contributed by atoms with Crippen LogP contribution in [0.15, 0.2) is 54.0 Å². The van der Waals surface area contributed by atoms with E-state index in [4.69, 9.17) is 9.97 Å². The summed E-state index contributed by atoms with van der Waals surface area (Å²) in [5.41, 5.74) is 4.41. The molecule has 0 spiro atoms. The van der Waals surface area contributed by atoms with Gasteiger partial charge in [-0.1, -0.05) is 24.3 Å².